The number of hydrogen-bond acceptors (Lipinski definition) is 4. The van der Waals surface area contributed by atoms with E-state index in [4.69, 9.17) is 0 Å². The van der Waals surface area contributed by atoms with Crippen LogP contribution in [-0.2, 0) is 14.8 Å². The van der Waals surface area contributed by atoms with E-state index in [0.29, 0.717) is 11.1 Å². The Balaban J connectivity index is 2.20. The molecule has 19 heavy (non-hydrogen) atoms. The first kappa shape index (κ1) is 12.3. The van der Waals surface area contributed by atoms with Crippen LogP contribution in [0, 0.1) is 0 Å². The Labute approximate surface area is 110 Å². The Hall–Kier alpha value is -1.73. The second-order valence-corrected chi connectivity index (χ2v) is 6.59. The summed E-state index contributed by atoms with van der Waals surface area (Å²) in [6.07, 6.45) is 0.301. The van der Waals surface area contributed by atoms with Gasteiger partial charge < -0.3 is 0 Å². The van der Waals surface area contributed by atoms with Crippen molar-refractivity contribution in [1.29, 1.82) is 0 Å². The van der Waals surface area contributed by atoms with Gasteiger partial charge in [0.2, 0.25) is 15.9 Å². The van der Waals surface area contributed by atoms with Crippen LogP contribution < -0.4 is 0 Å². The first-order chi connectivity index (χ1) is 8.91. The molecule has 1 atom stereocenters. The third-order valence-electron chi connectivity index (χ3n) is 3.45. The van der Waals surface area contributed by atoms with Crippen LogP contribution in [0.2, 0.25) is 0 Å². The van der Waals surface area contributed by atoms with Gasteiger partial charge in [-0.1, -0.05) is 18.2 Å². The molecule has 1 aromatic rings. The molecule has 0 N–H and O–H groups in total. The topological polar surface area (TPSA) is 74.8 Å². The molecular weight excluding hydrogens is 268 g/mol. The summed E-state index contributed by atoms with van der Waals surface area (Å²) in [6, 6.07) is 6.73. The van der Waals surface area contributed by atoms with Gasteiger partial charge in [-0.2, -0.15) is 4.31 Å². The number of carbonyl (C=O) groups is 2. The second-order valence-electron chi connectivity index (χ2n) is 4.65. The van der Waals surface area contributed by atoms with Crippen LogP contribution in [0.15, 0.2) is 24.3 Å². The van der Waals surface area contributed by atoms with Crippen molar-refractivity contribution in [3.8, 4) is 0 Å². The molecule has 2 aliphatic heterocycles. The van der Waals surface area contributed by atoms with E-state index in [2.05, 4.69) is 0 Å². The predicted molar refractivity (Wildman–Crippen MR) is 66.5 cm³/mol. The lowest BCUT2D eigenvalue weighted by Gasteiger charge is -2.36. The monoisotopic (exact) mass is 280 g/mol. The molecule has 0 saturated carbocycles. The summed E-state index contributed by atoms with van der Waals surface area (Å²) >= 11 is 0. The molecule has 7 heteroatoms. The zero-order valence-electron chi connectivity index (χ0n) is 10.2. The maximum atomic E-state index is 12.2. The molecule has 2 amide bonds. The SMILES string of the molecule is CS(=O)(=O)N1CCC(=O)N2C(=O)c3ccccc3[C@@H]21. The number of carbonyl (C=O) groups excluding carboxylic acids is 2. The Bertz CT molecular complexity index is 681. The highest BCUT2D eigenvalue weighted by atomic mass is 32.2. The van der Waals surface area contributed by atoms with Crippen molar-refractivity contribution in [2.24, 2.45) is 0 Å². The number of nitrogens with zero attached hydrogens (tertiary/aromatic N) is 2. The highest BCUT2D eigenvalue weighted by Gasteiger charge is 2.48. The molecule has 3 rings (SSSR count). The summed E-state index contributed by atoms with van der Waals surface area (Å²) in [5.74, 6) is -0.745. The van der Waals surface area contributed by atoms with Gasteiger partial charge >= 0.3 is 0 Å². The largest absolute Gasteiger partial charge is 0.274 e. The third-order valence-corrected chi connectivity index (χ3v) is 4.68. The molecule has 0 aliphatic carbocycles. The minimum atomic E-state index is -3.48. The Kier molecular flexibility index (Phi) is 2.51. The fourth-order valence-electron chi connectivity index (χ4n) is 2.63. The van der Waals surface area contributed by atoms with Crippen molar-refractivity contribution >= 4 is 21.8 Å². The molecule has 1 saturated heterocycles. The minimum absolute atomic E-state index is 0.0311. The zero-order chi connectivity index (χ0) is 13.8. The van der Waals surface area contributed by atoms with Crippen LogP contribution in [0.3, 0.4) is 0 Å². The van der Waals surface area contributed by atoms with Gasteiger partial charge in [0, 0.05) is 24.1 Å². The van der Waals surface area contributed by atoms with E-state index < -0.39 is 22.1 Å². The lowest BCUT2D eigenvalue weighted by Crippen LogP contribution is -2.51. The van der Waals surface area contributed by atoms with Gasteiger partial charge in [-0.15, -0.1) is 0 Å². The summed E-state index contributed by atoms with van der Waals surface area (Å²) in [6.45, 7) is 0.112. The van der Waals surface area contributed by atoms with Crippen molar-refractivity contribution in [3.63, 3.8) is 0 Å². The molecule has 0 bridgehead atoms. The van der Waals surface area contributed by atoms with E-state index in [1.165, 1.54) is 4.31 Å². The van der Waals surface area contributed by atoms with Gasteiger partial charge in [-0.25, -0.2) is 8.42 Å². The maximum Gasteiger partial charge on any atom is 0.262 e. The number of hydrogen-bond donors (Lipinski definition) is 0. The Morgan fingerprint density at radius 2 is 1.89 bits per heavy atom. The predicted octanol–water partition coefficient (Wildman–Crippen LogP) is 0.333. The minimum Gasteiger partial charge on any atom is -0.274 e. The summed E-state index contributed by atoms with van der Waals surface area (Å²) in [5.41, 5.74) is 0.974. The highest BCUT2D eigenvalue weighted by molar-refractivity contribution is 7.88. The van der Waals surface area contributed by atoms with Crippen molar-refractivity contribution < 1.29 is 18.0 Å². The van der Waals surface area contributed by atoms with Crippen LogP contribution >= 0.6 is 0 Å². The molecule has 0 radical (unpaired) electrons. The molecule has 2 aliphatic rings. The van der Waals surface area contributed by atoms with Gasteiger partial charge in [0.15, 0.2) is 0 Å². The van der Waals surface area contributed by atoms with Gasteiger partial charge in [0.05, 0.1) is 6.26 Å². The second kappa shape index (κ2) is 3.88. The van der Waals surface area contributed by atoms with E-state index in [1.807, 2.05) is 0 Å². The zero-order valence-corrected chi connectivity index (χ0v) is 11.1. The summed E-state index contributed by atoms with van der Waals surface area (Å²) in [5, 5.41) is 0. The first-order valence-corrected chi connectivity index (χ1v) is 7.68. The van der Waals surface area contributed by atoms with E-state index in [0.717, 1.165) is 11.2 Å². The quantitative estimate of drug-likeness (QED) is 0.695. The molecule has 1 fully saturated rings. The molecule has 100 valence electrons. The van der Waals surface area contributed by atoms with Crippen LogP contribution in [0.1, 0.15) is 28.5 Å². The third kappa shape index (κ3) is 1.69. The Morgan fingerprint density at radius 3 is 2.58 bits per heavy atom. The molecule has 0 aromatic heterocycles. The smallest absolute Gasteiger partial charge is 0.262 e. The molecule has 0 unspecified atom stereocenters. The van der Waals surface area contributed by atoms with E-state index >= 15 is 0 Å². The first-order valence-electron chi connectivity index (χ1n) is 5.83. The van der Waals surface area contributed by atoms with Crippen molar-refractivity contribution in [2.75, 3.05) is 12.8 Å². The summed E-state index contributed by atoms with van der Waals surface area (Å²) < 4.78 is 24.9. The Morgan fingerprint density at radius 1 is 1.21 bits per heavy atom. The lowest BCUT2D eigenvalue weighted by atomic mass is 10.1. The number of benzene rings is 1. The number of rotatable bonds is 1. The maximum absolute atomic E-state index is 12.2. The number of imide groups is 1. The average Bonchev–Trinajstić information content (AvgIpc) is 2.64. The molecular formula is C12H12N2O4S. The number of fused-ring (bicyclic) bond motifs is 3. The summed E-state index contributed by atoms with van der Waals surface area (Å²) in [4.78, 5) is 25.2. The van der Waals surface area contributed by atoms with E-state index in [9.17, 15) is 18.0 Å². The normalized spacial score (nSPS) is 23.4. The fourth-order valence-corrected chi connectivity index (χ4v) is 3.62. The molecule has 1 aromatic carbocycles. The fraction of sp³-hybridized carbons (Fsp3) is 0.333. The van der Waals surface area contributed by atoms with Crippen LogP contribution in [0.4, 0.5) is 0 Å². The van der Waals surface area contributed by atoms with Gasteiger partial charge in [0.1, 0.15) is 6.17 Å². The number of amides is 2. The summed E-state index contributed by atoms with van der Waals surface area (Å²) in [7, 11) is -3.48. The average molecular weight is 280 g/mol. The van der Waals surface area contributed by atoms with Gasteiger partial charge in [-0.3, -0.25) is 14.5 Å². The van der Waals surface area contributed by atoms with Gasteiger partial charge in [-0.05, 0) is 6.07 Å². The number of sulfonamides is 1. The molecule has 6 nitrogen and oxygen atoms in total. The van der Waals surface area contributed by atoms with Crippen molar-refractivity contribution in [2.45, 2.75) is 12.6 Å². The van der Waals surface area contributed by atoms with Crippen molar-refractivity contribution in [3.05, 3.63) is 35.4 Å². The van der Waals surface area contributed by atoms with Crippen LogP contribution in [-0.4, -0.2) is 42.2 Å². The standard InChI is InChI=1S/C12H12N2O4S/c1-19(17,18)13-7-6-10(15)14-11(13)8-4-2-3-5-9(8)12(14)16/h2-5,11H,6-7H2,1H3/t11-/m1/s1. The van der Waals surface area contributed by atoms with Gasteiger partial charge in [0.25, 0.3) is 5.91 Å². The molecule has 0 spiro atoms. The highest BCUT2D eigenvalue weighted by Crippen LogP contribution is 2.40. The lowest BCUT2D eigenvalue weighted by molar-refractivity contribution is -0.135. The van der Waals surface area contributed by atoms with Crippen molar-refractivity contribution in [1.82, 2.24) is 9.21 Å². The van der Waals surface area contributed by atoms with Crippen LogP contribution in [0.5, 0.6) is 0 Å². The van der Waals surface area contributed by atoms with E-state index in [1.54, 1.807) is 24.3 Å². The molecule has 2 heterocycles. The van der Waals surface area contributed by atoms with E-state index in [-0.39, 0.29) is 18.9 Å². The van der Waals surface area contributed by atoms with Crippen LogP contribution in [0.25, 0.3) is 0 Å².